The molecule has 21 heavy (non-hydrogen) atoms. The quantitative estimate of drug-likeness (QED) is 0.429. The first-order valence-electron chi connectivity index (χ1n) is 6.31. The van der Waals surface area contributed by atoms with Gasteiger partial charge in [0, 0.05) is 18.5 Å². The molecule has 0 aliphatic carbocycles. The Morgan fingerprint density at radius 1 is 1.10 bits per heavy atom. The number of carboxylic acid groups (broad SMARTS) is 2. The van der Waals surface area contributed by atoms with Gasteiger partial charge in [0.1, 0.15) is 6.04 Å². The van der Waals surface area contributed by atoms with Crippen LogP contribution in [-0.4, -0.2) is 52.2 Å². The van der Waals surface area contributed by atoms with Crippen molar-refractivity contribution >= 4 is 23.9 Å². The second kappa shape index (κ2) is 8.08. The maximum atomic E-state index is 11.5. The number of amides is 3. The van der Waals surface area contributed by atoms with Crippen molar-refractivity contribution in [2.75, 3.05) is 6.54 Å². The lowest BCUT2D eigenvalue weighted by Gasteiger charge is -2.20. The molecule has 9 nitrogen and oxygen atoms in total. The number of nitrogens with one attached hydrogen (secondary N) is 3. The Kier molecular flexibility index (Phi) is 7.18. The third kappa shape index (κ3) is 10.2. The molecule has 0 fully saturated rings. The lowest BCUT2D eigenvalue weighted by molar-refractivity contribution is -0.145. The number of rotatable bonds is 7. The molecule has 0 aromatic rings. The Labute approximate surface area is 122 Å². The number of carboxylic acids is 2. The van der Waals surface area contributed by atoms with Crippen molar-refractivity contribution in [3.8, 4) is 0 Å². The van der Waals surface area contributed by atoms with Crippen LogP contribution in [0, 0.1) is 0 Å². The van der Waals surface area contributed by atoms with E-state index in [9.17, 15) is 19.2 Å². The average Bonchev–Trinajstić information content (AvgIpc) is 2.24. The van der Waals surface area contributed by atoms with Crippen LogP contribution in [0.25, 0.3) is 0 Å². The maximum Gasteiger partial charge on any atom is 0.326 e. The van der Waals surface area contributed by atoms with E-state index in [0.29, 0.717) is 0 Å². The van der Waals surface area contributed by atoms with Gasteiger partial charge >= 0.3 is 18.0 Å². The van der Waals surface area contributed by atoms with Crippen LogP contribution in [0.4, 0.5) is 4.79 Å². The molecule has 1 atom stereocenters. The number of urea groups is 1. The van der Waals surface area contributed by atoms with E-state index >= 15 is 0 Å². The molecule has 3 amide bonds. The van der Waals surface area contributed by atoms with Gasteiger partial charge in [0.05, 0.1) is 6.42 Å². The van der Waals surface area contributed by atoms with Crippen LogP contribution in [0.15, 0.2) is 0 Å². The summed E-state index contributed by atoms with van der Waals surface area (Å²) in [6.07, 6.45) is -0.700. The van der Waals surface area contributed by atoms with Crippen molar-refractivity contribution in [3.63, 3.8) is 0 Å². The Bertz CT molecular complexity index is 416. The van der Waals surface area contributed by atoms with Crippen LogP contribution in [0.1, 0.15) is 33.6 Å². The minimum absolute atomic E-state index is 0.00710. The van der Waals surface area contributed by atoms with Crippen molar-refractivity contribution in [2.24, 2.45) is 0 Å². The van der Waals surface area contributed by atoms with Crippen molar-refractivity contribution in [1.29, 1.82) is 0 Å². The highest BCUT2D eigenvalue weighted by Gasteiger charge is 2.23. The van der Waals surface area contributed by atoms with Gasteiger partial charge in [-0.3, -0.25) is 9.59 Å². The molecule has 0 aromatic carbocycles. The standard InChI is InChI=1S/C12H21N3O6/c1-12(2,3)15-8(16)4-5-13-11(21)14-7(10(19)20)6-9(17)18/h7H,4-6H2,1-3H3,(H,15,16)(H,17,18)(H,19,20)(H2,13,14,21)/t7-/m0/s1. The molecule has 0 radical (unpaired) electrons. The number of hydrogen-bond acceptors (Lipinski definition) is 4. The second-order valence-electron chi connectivity index (χ2n) is 5.44. The summed E-state index contributed by atoms with van der Waals surface area (Å²) in [6, 6.07) is -2.36. The lowest BCUT2D eigenvalue weighted by atomic mass is 10.1. The summed E-state index contributed by atoms with van der Waals surface area (Å²) in [6.45, 7) is 5.45. The zero-order valence-corrected chi connectivity index (χ0v) is 12.2. The fourth-order valence-corrected chi connectivity index (χ4v) is 1.35. The van der Waals surface area contributed by atoms with Gasteiger partial charge in [-0.1, -0.05) is 0 Å². The number of carbonyl (C=O) groups excluding carboxylic acids is 2. The summed E-state index contributed by atoms with van der Waals surface area (Å²) in [5.74, 6) is -3.05. The molecule has 9 heteroatoms. The second-order valence-corrected chi connectivity index (χ2v) is 5.44. The summed E-state index contributed by atoms with van der Waals surface area (Å²) in [5, 5.41) is 24.3. The first-order chi connectivity index (χ1) is 9.51. The van der Waals surface area contributed by atoms with Gasteiger partial charge < -0.3 is 26.2 Å². The summed E-state index contributed by atoms with van der Waals surface area (Å²) in [7, 11) is 0. The fourth-order valence-electron chi connectivity index (χ4n) is 1.35. The minimum Gasteiger partial charge on any atom is -0.481 e. The number of hydrogen-bond donors (Lipinski definition) is 5. The van der Waals surface area contributed by atoms with Gasteiger partial charge in [-0.15, -0.1) is 0 Å². The van der Waals surface area contributed by atoms with E-state index < -0.39 is 30.4 Å². The van der Waals surface area contributed by atoms with E-state index in [0.717, 1.165) is 0 Å². The van der Waals surface area contributed by atoms with Gasteiger partial charge in [-0.2, -0.15) is 0 Å². The van der Waals surface area contributed by atoms with Gasteiger partial charge in [-0.05, 0) is 20.8 Å². The molecule has 0 saturated carbocycles. The van der Waals surface area contributed by atoms with Crippen LogP contribution in [-0.2, 0) is 14.4 Å². The SMILES string of the molecule is CC(C)(C)NC(=O)CCNC(=O)N[C@@H](CC(=O)O)C(=O)O. The highest BCUT2D eigenvalue weighted by Crippen LogP contribution is 1.98. The smallest absolute Gasteiger partial charge is 0.326 e. The summed E-state index contributed by atoms with van der Waals surface area (Å²) < 4.78 is 0. The molecule has 0 rings (SSSR count). The van der Waals surface area contributed by atoms with Crippen molar-refractivity contribution in [3.05, 3.63) is 0 Å². The molecule has 120 valence electrons. The van der Waals surface area contributed by atoms with Gasteiger partial charge in [-0.25, -0.2) is 9.59 Å². The van der Waals surface area contributed by atoms with Gasteiger partial charge in [0.2, 0.25) is 5.91 Å². The first-order valence-corrected chi connectivity index (χ1v) is 6.31. The van der Waals surface area contributed by atoms with Crippen molar-refractivity contribution in [1.82, 2.24) is 16.0 Å². The Balaban J connectivity index is 4.11. The Morgan fingerprint density at radius 2 is 1.67 bits per heavy atom. The summed E-state index contributed by atoms with van der Waals surface area (Å²) in [5.41, 5.74) is -0.380. The highest BCUT2D eigenvalue weighted by atomic mass is 16.4. The van der Waals surface area contributed by atoms with Crippen LogP contribution in [0.3, 0.4) is 0 Å². The molecule has 0 bridgehead atoms. The summed E-state index contributed by atoms with van der Waals surface area (Å²) >= 11 is 0. The first kappa shape index (κ1) is 18.7. The van der Waals surface area contributed by atoms with E-state index in [-0.39, 0.29) is 24.4 Å². The van der Waals surface area contributed by atoms with Crippen LogP contribution >= 0.6 is 0 Å². The molecule has 0 aliphatic rings. The lowest BCUT2D eigenvalue weighted by Crippen LogP contribution is -2.48. The molecular weight excluding hydrogens is 282 g/mol. The Morgan fingerprint density at radius 3 is 2.10 bits per heavy atom. The topological polar surface area (TPSA) is 145 Å². The number of carbonyl (C=O) groups is 4. The fraction of sp³-hybridized carbons (Fsp3) is 0.667. The van der Waals surface area contributed by atoms with E-state index in [1.807, 2.05) is 26.1 Å². The van der Waals surface area contributed by atoms with E-state index in [4.69, 9.17) is 10.2 Å². The molecule has 5 N–H and O–H groups in total. The summed E-state index contributed by atoms with van der Waals surface area (Å²) in [4.78, 5) is 44.0. The van der Waals surface area contributed by atoms with E-state index in [1.165, 1.54) is 0 Å². The molecule has 0 saturated heterocycles. The highest BCUT2D eigenvalue weighted by molar-refractivity contribution is 5.86. The predicted octanol–water partition coefficient (Wildman–Crippen LogP) is -0.482. The Hall–Kier alpha value is -2.32. The average molecular weight is 303 g/mol. The third-order valence-corrected chi connectivity index (χ3v) is 2.13. The minimum atomic E-state index is -1.52. The zero-order valence-electron chi connectivity index (χ0n) is 12.2. The molecule has 0 heterocycles. The van der Waals surface area contributed by atoms with Crippen molar-refractivity contribution in [2.45, 2.75) is 45.2 Å². The van der Waals surface area contributed by atoms with Crippen LogP contribution in [0.5, 0.6) is 0 Å². The van der Waals surface area contributed by atoms with Crippen molar-refractivity contribution < 1.29 is 29.4 Å². The van der Waals surface area contributed by atoms with Gasteiger partial charge in [0.15, 0.2) is 0 Å². The monoisotopic (exact) mass is 303 g/mol. The van der Waals surface area contributed by atoms with Gasteiger partial charge in [0.25, 0.3) is 0 Å². The van der Waals surface area contributed by atoms with Crippen LogP contribution in [0.2, 0.25) is 0 Å². The molecule has 0 spiro atoms. The molecule has 0 aromatic heterocycles. The van der Waals surface area contributed by atoms with Crippen LogP contribution < -0.4 is 16.0 Å². The zero-order chi connectivity index (χ0) is 16.6. The number of aliphatic carboxylic acids is 2. The molecule has 0 unspecified atom stereocenters. The normalized spacial score (nSPS) is 12.1. The largest absolute Gasteiger partial charge is 0.481 e. The molecule has 0 aliphatic heterocycles. The van der Waals surface area contributed by atoms with E-state index in [2.05, 4.69) is 10.6 Å². The third-order valence-electron chi connectivity index (χ3n) is 2.13. The van der Waals surface area contributed by atoms with E-state index in [1.54, 1.807) is 0 Å². The molecular formula is C12H21N3O6. The predicted molar refractivity (Wildman–Crippen MR) is 72.7 cm³/mol. The maximum absolute atomic E-state index is 11.5.